The van der Waals surface area contributed by atoms with E-state index >= 15 is 0 Å². The molecule has 1 rings (SSSR count). The number of aryl methyl sites for hydroxylation is 1. The molecule has 116 valence electrons. The number of amides is 1. The number of aromatic nitrogens is 1. The molecule has 0 spiro atoms. The van der Waals surface area contributed by atoms with Crippen molar-refractivity contribution in [1.82, 2.24) is 15.6 Å². The zero-order valence-electron chi connectivity index (χ0n) is 12.7. The number of carbonyl (C=O) groups is 1. The molecule has 0 unspecified atom stereocenters. The van der Waals surface area contributed by atoms with Crippen molar-refractivity contribution in [3.63, 3.8) is 0 Å². The van der Waals surface area contributed by atoms with Crippen LogP contribution < -0.4 is 10.6 Å². The molecular formula is C14H22N4O3. The molecule has 0 saturated carbocycles. The molecule has 0 atom stereocenters. The Bertz CT molecular complexity index is 517. The Morgan fingerprint density at radius 1 is 1.38 bits per heavy atom. The molecule has 0 fully saturated rings. The van der Waals surface area contributed by atoms with Gasteiger partial charge >= 0.3 is 0 Å². The lowest BCUT2D eigenvalue weighted by atomic mass is 10.1. The maximum absolute atomic E-state index is 11.4. The first-order valence-electron chi connectivity index (χ1n) is 7.04. The number of hydrogen-bond acceptors (Lipinski definition) is 5. The quantitative estimate of drug-likeness (QED) is 0.431. The summed E-state index contributed by atoms with van der Waals surface area (Å²) in [5.74, 6) is 0.00363. The van der Waals surface area contributed by atoms with E-state index < -0.39 is 0 Å². The van der Waals surface area contributed by atoms with Crippen LogP contribution in [-0.2, 0) is 11.3 Å². The molecule has 0 saturated heterocycles. The number of rotatable bonds is 8. The summed E-state index contributed by atoms with van der Waals surface area (Å²) < 4.78 is 0. The van der Waals surface area contributed by atoms with Crippen molar-refractivity contribution in [2.75, 3.05) is 13.1 Å². The zero-order chi connectivity index (χ0) is 15.8. The van der Waals surface area contributed by atoms with E-state index in [4.69, 9.17) is 0 Å². The first kappa shape index (κ1) is 17.0. The summed E-state index contributed by atoms with van der Waals surface area (Å²) in [4.78, 5) is 26.3. The van der Waals surface area contributed by atoms with Crippen LogP contribution in [0.4, 0.5) is 5.69 Å². The van der Waals surface area contributed by atoms with Crippen molar-refractivity contribution >= 4 is 11.6 Å². The second-order valence-electron chi connectivity index (χ2n) is 4.90. The summed E-state index contributed by atoms with van der Waals surface area (Å²) in [6, 6.07) is 0. The van der Waals surface area contributed by atoms with Gasteiger partial charge < -0.3 is 10.6 Å². The molecule has 0 aliphatic heterocycles. The predicted molar refractivity (Wildman–Crippen MR) is 80.0 cm³/mol. The summed E-state index contributed by atoms with van der Waals surface area (Å²) >= 11 is 0. The van der Waals surface area contributed by atoms with Gasteiger partial charge in [-0.15, -0.1) is 0 Å². The van der Waals surface area contributed by atoms with Gasteiger partial charge in [-0.2, -0.15) is 0 Å². The molecule has 1 heterocycles. The van der Waals surface area contributed by atoms with E-state index in [1.807, 2.05) is 6.92 Å². The molecule has 0 aliphatic carbocycles. The molecule has 0 bridgehead atoms. The molecular weight excluding hydrogens is 272 g/mol. The predicted octanol–water partition coefficient (Wildman–Crippen LogP) is 1.61. The van der Waals surface area contributed by atoms with Crippen molar-refractivity contribution < 1.29 is 9.72 Å². The molecule has 1 amide bonds. The number of hydrogen-bond donors (Lipinski definition) is 2. The highest BCUT2D eigenvalue weighted by atomic mass is 16.6. The van der Waals surface area contributed by atoms with Gasteiger partial charge in [-0.05, 0) is 20.3 Å². The van der Waals surface area contributed by atoms with Gasteiger partial charge in [-0.25, -0.2) is 0 Å². The Morgan fingerprint density at radius 2 is 2.10 bits per heavy atom. The van der Waals surface area contributed by atoms with E-state index in [-0.39, 0.29) is 16.5 Å². The fourth-order valence-corrected chi connectivity index (χ4v) is 1.99. The highest BCUT2D eigenvalue weighted by Crippen LogP contribution is 2.23. The normalized spacial score (nSPS) is 10.4. The summed E-state index contributed by atoms with van der Waals surface area (Å²) in [7, 11) is 0. The molecule has 0 aliphatic rings. The SMILES string of the molecule is CCCNC(=O)CCNCc1ncc(C)c([N+](=O)[O-])c1C. The van der Waals surface area contributed by atoms with Crippen LogP contribution in [0.2, 0.25) is 0 Å². The number of nitro groups is 1. The summed E-state index contributed by atoms with van der Waals surface area (Å²) in [6.07, 6.45) is 2.80. The van der Waals surface area contributed by atoms with Crippen LogP contribution >= 0.6 is 0 Å². The summed E-state index contributed by atoms with van der Waals surface area (Å²) in [5.41, 5.74) is 1.88. The van der Waals surface area contributed by atoms with E-state index in [1.54, 1.807) is 13.8 Å². The van der Waals surface area contributed by atoms with Gasteiger partial charge in [-0.1, -0.05) is 6.92 Å². The minimum Gasteiger partial charge on any atom is -0.356 e. The average Bonchev–Trinajstić information content (AvgIpc) is 2.43. The zero-order valence-corrected chi connectivity index (χ0v) is 12.7. The third-order valence-corrected chi connectivity index (χ3v) is 3.15. The number of carbonyl (C=O) groups excluding carboxylic acids is 1. The summed E-state index contributed by atoms with van der Waals surface area (Å²) in [6.45, 7) is 6.98. The van der Waals surface area contributed by atoms with E-state index in [1.165, 1.54) is 6.20 Å². The van der Waals surface area contributed by atoms with Gasteiger partial charge in [0.05, 0.1) is 10.6 Å². The Morgan fingerprint density at radius 3 is 2.71 bits per heavy atom. The van der Waals surface area contributed by atoms with Gasteiger partial charge in [0, 0.05) is 43.4 Å². The smallest absolute Gasteiger partial charge is 0.278 e. The van der Waals surface area contributed by atoms with Crippen LogP contribution in [0.25, 0.3) is 0 Å². The maximum atomic E-state index is 11.4. The molecule has 0 radical (unpaired) electrons. The minimum absolute atomic E-state index is 0.00363. The third kappa shape index (κ3) is 5.11. The maximum Gasteiger partial charge on any atom is 0.278 e. The number of pyridine rings is 1. The first-order valence-corrected chi connectivity index (χ1v) is 7.04. The topological polar surface area (TPSA) is 97.2 Å². The minimum atomic E-state index is -0.381. The van der Waals surface area contributed by atoms with Gasteiger partial charge in [-0.3, -0.25) is 19.9 Å². The Hall–Kier alpha value is -2.02. The van der Waals surface area contributed by atoms with E-state index in [2.05, 4.69) is 15.6 Å². The first-order chi connectivity index (χ1) is 9.97. The lowest BCUT2D eigenvalue weighted by molar-refractivity contribution is -0.386. The third-order valence-electron chi connectivity index (χ3n) is 3.15. The standard InChI is InChI=1S/C14H22N4O3/c1-4-6-16-13(19)5-7-15-9-12-11(3)14(18(20)21)10(2)8-17-12/h8,15H,4-7,9H2,1-3H3,(H,16,19). The highest BCUT2D eigenvalue weighted by Gasteiger charge is 2.18. The Balaban J connectivity index is 2.51. The van der Waals surface area contributed by atoms with Gasteiger partial charge in [0.25, 0.3) is 5.69 Å². The van der Waals surface area contributed by atoms with Crippen LogP contribution in [0, 0.1) is 24.0 Å². The van der Waals surface area contributed by atoms with Crippen LogP contribution in [-0.4, -0.2) is 28.9 Å². The lowest BCUT2D eigenvalue weighted by Crippen LogP contribution is -2.28. The van der Waals surface area contributed by atoms with Gasteiger partial charge in [0.15, 0.2) is 0 Å². The molecule has 7 nitrogen and oxygen atoms in total. The molecule has 0 aromatic carbocycles. The Labute approximate surface area is 124 Å². The lowest BCUT2D eigenvalue weighted by Gasteiger charge is -2.09. The van der Waals surface area contributed by atoms with Crippen molar-refractivity contribution in [2.24, 2.45) is 0 Å². The summed E-state index contributed by atoms with van der Waals surface area (Å²) in [5, 5.41) is 16.9. The largest absolute Gasteiger partial charge is 0.356 e. The monoisotopic (exact) mass is 294 g/mol. The fraction of sp³-hybridized carbons (Fsp3) is 0.571. The van der Waals surface area contributed by atoms with Crippen molar-refractivity contribution in [2.45, 2.75) is 40.2 Å². The molecule has 1 aromatic rings. The van der Waals surface area contributed by atoms with Crippen molar-refractivity contribution in [3.05, 3.63) is 33.1 Å². The molecule has 1 aromatic heterocycles. The van der Waals surface area contributed by atoms with Gasteiger partial charge in [0.1, 0.15) is 0 Å². The highest BCUT2D eigenvalue weighted by molar-refractivity contribution is 5.75. The van der Waals surface area contributed by atoms with Crippen LogP contribution in [0.1, 0.15) is 36.6 Å². The average molecular weight is 294 g/mol. The van der Waals surface area contributed by atoms with E-state index in [0.717, 1.165) is 6.42 Å². The molecule has 2 N–H and O–H groups in total. The van der Waals surface area contributed by atoms with Crippen molar-refractivity contribution in [3.8, 4) is 0 Å². The van der Waals surface area contributed by atoms with Crippen LogP contribution in [0.5, 0.6) is 0 Å². The van der Waals surface area contributed by atoms with E-state index in [9.17, 15) is 14.9 Å². The molecule has 7 heteroatoms. The second-order valence-corrected chi connectivity index (χ2v) is 4.90. The van der Waals surface area contributed by atoms with Crippen molar-refractivity contribution in [1.29, 1.82) is 0 Å². The van der Waals surface area contributed by atoms with Crippen LogP contribution in [0.15, 0.2) is 6.20 Å². The molecule has 21 heavy (non-hydrogen) atoms. The second kappa shape index (κ2) is 8.31. The van der Waals surface area contributed by atoms with Gasteiger partial charge in [0.2, 0.25) is 5.91 Å². The fourth-order valence-electron chi connectivity index (χ4n) is 1.99. The number of nitrogens with zero attached hydrogens (tertiary/aromatic N) is 2. The Kier molecular flexibility index (Phi) is 6.74. The number of nitrogens with one attached hydrogen (secondary N) is 2. The van der Waals surface area contributed by atoms with E-state index in [0.29, 0.717) is 42.9 Å². The van der Waals surface area contributed by atoms with Crippen LogP contribution in [0.3, 0.4) is 0 Å².